The van der Waals surface area contributed by atoms with Crippen molar-refractivity contribution in [1.82, 2.24) is 5.32 Å². The van der Waals surface area contributed by atoms with Crippen molar-refractivity contribution < 1.29 is 9.53 Å². The highest BCUT2D eigenvalue weighted by Gasteiger charge is 2.05. The summed E-state index contributed by atoms with van der Waals surface area (Å²) >= 11 is 0. The molecule has 0 aliphatic rings. The Labute approximate surface area is 93.6 Å². The molecule has 0 aromatic rings. The average Bonchev–Trinajstić information content (AvgIpc) is 2.25. The molecule has 3 heteroatoms. The number of rotatable bonds is 9. The van der Waals surface area contributed by atoms with E-state index in [2.05, 4.69) is 26.1 Å². The van der Waals surface area contributed by atoms with Crippen molar-refractivity contribution in [2.75, 3.05) is 19.7 Å². The molecule has 90 valence electrons. The van der Waals surface area contributed by atoms with Crippen LogP contribution in [0, 0.1) is 5.92 Å². The van der Waals surface area contributed by atoms with Gasteiger partial charge in [-0.25, -0.2) is 0 Å². The highest BCUT2D eigenvalue weighted by molar-refractivity contribution is 5.71. The van der Waals surface area contributed by atoms with E-state index in [1.165, 1.54) is 0 Å². The van der Waals surface area contributed by atoms with Gasteiger partial charge in [0.25, 0.3) is 0 Å². The van der Waals surface area contributed by atoms with E-state index in [-0.39, 0.29) is 5.97 Å². The van der Waals surface area contributed by atoms with E-state index in [0.717, 1.165) is 32.2 Å². The smallest absolute Gasteiger partial charge is 0.319 e. The third-order valence-electron chi connectivity index (χ3n) is 2.62. The number of carbonyl (C=O) groups excluding carboxylic acids is 1. The number of unbranched alkanes of at least 4 members (excludes halogenated alkanes) is 1. The summed E-state index contributed by atoms with van der Waals surface area (Å²) < 4.78 is 5.03. The van der Waals surface area contributed by atoms with Crippen LogP contribution in [0.5, 0.6) is 0 Å². The van der Waals surface area contributed by atoms with Crippen LogP contribution in [-0.2, 0) is 9.53 Å². The van der Waals surface area contributed by atoms with Crippen LogP contribution in [0.4, 0.5) is 0 Å². The molecule has 0 heterocycles. The quantitative estimate of drug-likeness (QED) is 0.474. The van der Waals surface area contributed by atoms with Crippen LogP contribution in [-0.4, -0.2) is 25.7 Å². The van der Waals surface area contributed by atoms with Crippen molar-refractivity contribution in [1.29, 1.82) is 0 Å². The molecule has 0 spiro atoms. The fraction of sp³-hybridized carbons (Fsp3) is 0.917. The molecule has 0 saturated heterocycles. The van der Waals surface area contributed by atoms with Crippen LogP contribution in [0.1, 0.15) is 46.5 Å². The Morgan fingerprint density at radius 3 is 2.47 bits per heavy atom. The molecule has 15 heavy (non-hydrogen) atoms. The van der Waals surface area contributed by atoms with E-state index in [4.69, 9.17) is 4.74 Å². The molecule has 0 amide bonds. The van der Waals surface area contributed by atoms with Gasteiger partial charge in [0.1, 0.15) is 0 Å². The van der Waals surface area contributed by atoms with E-state index in [0.29, 0.717) is 19.1 Å². The van der Waals surface area contributed by atoms with Gasteiger partial charge in [-0.05, 0) is 18.9 Å². The summed E-state index contributed by atoms with van der Waals surface area (Å²) in [5, 5.41) is 3.14. The fourth-order valence-electron chi connectivity index (χ4n) is 1.34. The fourth-order valence-corrected chi connectivity index (χ4v) is 1.34. The Hall–Kier alpha value is -0.570. The van der Waals surface area contributed by atoms with Gasteiger partial charge in [0, 0.05) is 0 Å². The minimum atomic E-state index is -0.130. The van der Waals surface area contributed by atoms with Crippen LogP contribution in [0.15, 0.2) is 0 Å². The Morgan fingerprint density at radius 2 is 1.93 bits per heavy atom. The van der Waals surface area contributed by atoms with Crippen molar-refractivity contribution >= 4 is 5.97 Å². The molecule has 0 aromatic heterocycles. The highest BCUT2D eigenvalue weighted by Crippen LogP contribution is 2.04. The summed E-state index contributed by atoms with van der Waals surface area (Å²) in [6.07, 6.45) is 4.34. The minimum Gasteiger partial charge on any atom is -0.465 e. The molecule has 0 atom stereocenters. The standard InChI is InChI=1S/C12H25NO2/c1-4-7-8-15-12(14)10-13-9-11(5-2)6-3/h11,13H,4-10H2,1-3H3. The van der Waals surface area contributed by atoms with Gasteiger partial charge in [-0.1, -0.05) is 40.0 Å². The molecule has 0 bridgehead atoms. The third kappa shape index (κ3) is 8.43. The second-order valence-electron chi connectivity index (χ2n) is 3.89. The number of ether oxygens (including phenoxy) is 1. The molecule has 0 saturated carbocycles. The van der Waals surface area contributed by atoms with E-state index in [1.54, 1.807) is 0 Å². The van der Waals surface area contributed by atoms with Crippen LogP contribution < -0.4 is 5.32 Å². The molecule has 0 aliphatic carbocycles. The lowest BCUT2D eigenvalue weighted by Gasteiger charge is -2.12. The molecular formula is C12H25NO2. The lowest BCUT2D eigenvalue weighted by Crippen LogP contribution is -2.29. The lowest BCUT2D eigenvalue weighted by atomic mass is 10.0. The maximum atomic E-state index is 11.2. The van der Waals surface area contributed by atoms with Gasteiger partial charge in [0.15, 0.2) is 0 Å². The molecule has 0 rings (SSSR count). The summed E-state index contributed by atoms with van der Waals surface area (Å²) in [5.41, 5.74) is 0. The lowest BCUT2D eigenvalue weighted by molar-refractivity contribution is -0.142. The highest BCUT2D eigenvalue weighted by atomic mass is 16.5. The molecule has 0 aliphatic heterocycles. The third-order valence-corrected chi connectivity index (χ3v) is 2.62. The monoisotopic (exact) mass is 215 g/mol. The van der Waals surface area contributed by atoms with Gasteiger partial charge in [-0.15, -0.1) is 0 Å². The summed E-state index contributed by atoms with van der Waals surface area (Å²) in [4.78, 5) is 11.2. The molecule has 0 radical (unpaired) electrons. The van der Waals surface area contributed by atoms with Crippen molar-refractivity contribution in [3.05, 3.63) is 0 Å². The van der Waals surface area contributed by atoms with E-state index >= 15 is 0 Å². The number of hydrogen-bond donors (Lipinski definition) is 1. The first kappa shape index (κ1) is 14.4. The zero-order valence-corrected chi connectivity index (χ0v) is 10.3. The molecule has 0 unspecified atom stereocenters. The first-order chi connectivity index (χ1) is 7.24. The summed E-state index contributed by atoms with van der Waals surface area (Å²) in [6, 6.07) is 0. The average molecular weight is 215 g/mol. The maximum Gasteiger partial charge on any atom is 0.319 e. The van der Waals surface area contributed by atoms with Crippen molar-refractivity contribution in [3.63, 3.8) is 0 Å². The van der Waals surface area contributed by atoms with Crippen LogP contribution in [0.3, 0.4) is 0 Å². The Balaban J connectivity index is 3.37. The van der Waals surface area contributed by atoms with Gasteiger partial charge < -0.3 is 10.1 Å². The second-order valence-corrected chi connectivity index (χ2v) is 3.89. The first-order valence-corrected chi connectivity index (χ1v) is 6.10. The Morgan fingerprint density at radius 1 is 1.27 bits per heavy atom. The second kappa shape index (κ2) is 9.97. The summed E-state index contributed by atoms with van der Waals surface area (Å²) in [5.74, 6) is 0.544. The number of nitrogens with one attached hydrogen (secondary N) is 1. The molecule has 3 nitrogen and oxygen atoms in total. The summed E-state index contributed by atoms with van der Waals surface area (Å²) in [7, 11) is 0. The number of hydrogen-bond acceptors (Lipinski definition) is 3. The number of esters is 1. The van der Waals surface area contributed by atoms with E-state index < -0.39 is 0 Å². The van der Waals surface area contributed by atoms with Crippen molar-refractivity contribution in [2.24, 2.45) is 5.92 Å². The first-order valence-electron chi connectivity index (χ1n) is 6.10. The molecule has 0 fully saturated rings. The molecule has 1 N–H and O–H groups in total. The van der Waals surface area contributed by atoms with Gasteiger partial charge in [0.2, 0.25) is 0 Å². The van der Waals surface area contributed by atoms with Gasteiger partial charge in [-0.2, -0.15) is 0 Å². The molecule has 0 aromatic carbocycles. The maximum absolute atomic E-state index is 11.2. The van der Waals surface area contributed by atoms with Gasteiger partial charge in [0.05, 0.1) is 13.2 Å². The summed E-state index contributed by atoms with van der Waals surface area (Å²) in [6.45, 7) is 8.25. The van der Waals surface area contributed by atoms with Crippen LogP contribution in [0.2, 0.25) is 0 Å². The SMILES string of the molecule is CCCCOC(=O)CNCC(CC)CC. The van der Waals surface area contributed by atoms with E-state index in [1.807, 2.05) is 0 Å². The van der Waals surface area contributed by atoms with E-state index in [9.17, 15) is 4.79 Å². The number of carbonyl (C=O) groups is 1. The minimum absolute atomic E-state index is 0.130. The van der Waals surface area contributed by atoms with Crippen molar-refractivity contribution in [2.45, 2.75) is 46.5 Å². The Kier molecular flexibility index (Phi) is 9.59. The predicted octanol–water partition coefficient (Wildman–Crippen LogP) is 2.36. The zero-order chi connectivity index (χ0) is 11.5. The van der Waals surface area contributed by atoms with Gasteiger partial charge in [-0.3, -0.25) is 4.79 Å². The van der Waals surface area contributed by atoms with Crippen LogP contribution >= 0.6 is 0 Å². The van der Waals surface area contributed by atoms with Gasteiger partial charge >= 0.3 is 5.97 Å². The van der Waals surface area contributed by atoms with Crippen LogP contribution in [0.25, 0.3) is 0 Å². The van der Waals surface area contributed by atoms with Crippen molar-refractivity contribution in [3.8, 4) is 0 Å². The molecular weight excluding hydrogens is 190 g/mol. The Bertz CT molecular complexity index is 156. The topological polar surface area (TPSA) is 38.3 Å². The predicted molar refractivity (Wildman–Crippen MR) is 62.8 cm³/mol. The largest absolute Gasteiger partial charge is 0.465 e. The zero-order valence-electron chi connectivity index (χ0n) is 10.3. The normalized spacial score (nSPS) is 10.7.